The molecule has 2 aromatic carbocycles. The fourth-order valence-corrected chi connectivity index (χ4v) is 3.60. The number of benzene rings is 2. The van der Waals surface area contributed by atoms with Gasteiger partial charge >= 0.3 is 0 Å². The summed E-state index contributed by atoms with van der Waals surface area (Å²) < 4.78 is 2.81. The molecular weight excluding hydrogens is 444 g/mol. The number of nitrogens with zero attached hydrogens (tertiary/aromatic N) is 6. The summed E-state index contributed by atoms with van der Waals surface area (Å²) in [5.74, 6) is 0.714. The standard InChI is InChI=1S/C21H17BrN8/c22-16-5-3-15(4-6-16)20(26-17-7-8-18-19(10-17)25-13-24-18)21-27-28-29-30(21)12-14-2-1-9-23-11-14/h1-11,13,20,26H,12H2,(H,24,25). The highest BCUT2D eigenvalue weighted by molar-refractivity contribution is 9.10. The number of hydrogen-bond acceptors (Lipinski definition) is 6. The summed E-state index contributed by atoms with van der Waals surface area (Å²) >= 11 is 3.51. The molecule has 0 aliphatic rings. The summed E-state index contributed by atoms with van der Waals surface area (Å²) in [6, 6.07) is 17.8. The molecule has 1 unspecified atom stereocenters. The number of halogens is 1. The molecule has 0 aliphatic heterocycles. The zero-order valence-electron chi connectivity index (χ0n) is 15.8. The number of imidazole rings is 1. The Labute approximate surface area is 180 Å². The Bertz CT molecular complexity index is 1260. The number of nitrogens with one attached hydrogen (secondary N) is 2. The molecular formula is C21H17BrN8. The van der Waals surface area contributed by atoms with Crippen molar-refractivity contribution in [2.75, 3.05) is 5.32 Å². The number of fused-ring (bicyclic) bond motifs is 1. The van der Waals surface area contributed by atoms with Gasteiger partial charge in [-0.25, -0.2) is 9.67 Å². The van der Waals surface area contributed by atoms with Crippen LogP contribution in [0.2, 0.25) is 0 Å². The lowest BCUT2D eigenvalue weighted by Crippen LogP contribution is -2.19. The largest absolute Gasteiger partial charge is 0.371 e. The topological polar surface area (TPSA) is 97.2 Å². The van der Waals surface area contributed by atoms with Crippen molar-refractivity contribution in [1.29, 1.82) is 0 Å². The van der Waals surface area contributed by atoms with Crippen molar-refractivity contribution in [1.82, 2.24) is 35.2 Å². The average molecular weight is 461 g/mol. The summed E-state index contributed by atoms with van der Waals surface area (Å²) in [4.78, 5) is 11.6. The Hall–Kier alpha value is -3.59. The van der Waals surface area contributed by atoms with Crippen LogP contribution in [0, 0.1) is 0 Å². The molecule has 0 spiro atoms. The maximum Gasteiger partial charge on any atom is 0.178 e. The molecule has 2 N–H and O–H groups in total. The molecule has 5 aromatic rings. The van der Waals surface area contributed by atoms with Crippen LogP contribution in [-0.2, 0) is 6.54 Å². The van der Waals surface area contributed by atoms with E-state index in [1.54, 1.807) is 17.2 Å². The van der Waals surface area contributed by atoms with Gasteiger partial charge in [-0.3, -0.25) is 4.98 Å². The number of tetrazole rings is 1. The van der Waals surface area contributed by atoms with Crippen LogP contribution in [0.3, 0.4) is 0 Å². The smallest absolute Gasteiger partial charge is 0.178 e. The quantitative estimate of drug-likeness (QED) is 0.398. The minimum absolute atomic E-state index is 0.245. The number of H-pyrrole nitrogens is 1. The first kappa shape index (κ1) is 18.4. The van der Waals surface area contributed by atoms with Crippen molar-refractivity contribution in [2.24, 2.45) is 0 Å². The van der Waals surface area contributed by atoms with E-state index in [0.29, 0.717) is 12.4 Å². The van der Waals surface area contributed by atoms with E-state index in [2.05, 4.69) is 63.9 Å². The lowest BCUT2D eigenvalue weighted by atomic mass is 10.1. The molecule has 0 amide bonds. The van der Waals surface area contributed by atoms with E-state index >= 15 is 0 Å². The van der Waals surface area contributed by atoms with Gasteiger partial charge in [-0.2, -0.15) is 0 Å². The first-order valence-electron chi connectivity index (χ1n) is 9.36. The molecule has 3 heterocycles. The molecule has 5 rings (SSSR count). The Morgan fingerprint density at radius 3 is 2.83 bits per heavy atom. The lowest BCUT2D eigenvalue weighted by molar-refractivity contribution is 0.606. The van der Waals surface area contributed by atoms with E-state index in [-0.39, 0.29) is 6.04 Å². The molecule has 0 radical (unpaired) electrons. The summed E-state index contributed by atoms with van der Waals surface area (Å²) in [7, 11) is 0. The Morgan fingerprint density at radius 2 is 2.00 bits per heavy atom. The number of aromatic amines is 1. The monoisotopic (exact) mass is 460 g/mol. The number of hydrogen-bond donors (Lipinski definition) is 2. The van der Waals surface area contributed by atoms with Gasteiger partial charge in [0.05, 0.1) is 23.9 Å². The van der Waals surface area contributed by atoms with Crippen LogP contribution in [0.25, 0.3) is 11.0 Å². The highest BCUT2D eigenvalue weighted by Gasteiger charge is 2.22. The highest BCUT2D eigenvalue weighted by atomic mass is 79.9. The summed E-state index contributed by atoms with van der Waals surface area (Å²) in [5.41, 5.74) is 4.90. The van der Waals surface area contributed by atoms with E-state index in [1.807, 2.05) is 48.7 Å². The molecule has 3 aromatic heterocycles. The van der Waals surface area contributed by atoms with Crippen molar-refractivity contribution in [2.45, 2.75) is 12.6 Å². The molecule has 0 bridgehead atoms. The number of pyridine rings is 1. The molecule has 30 heavy (non-hydrogen) atoms. The summed E-state index contributed by atoms with van der Waals surface area (Å²) in [5, 5.41) is 16.1. The van der Waals surface area contributed by atoms with E-state index in [1.165, 1.54) is 0 Å². The minimum Gasteiger partial charge on any atom is -0.371 e. The average Bonchev–Trinajstić information content (AvgIpc) is 3.42. The second-order valence-corrected chi connectivity index (χ2v) is 7.74. The maximum atomic E-state index is 4.35. The summed E-state index contributed by atoms with van der Waals surface area (Å²) in [6.07, 6.45) is 5.26. The molecule has 1 atom stereocenters. The van der Waals surface area contributed by atoms with Crippen LogP contribution < -0.4 is 5.32 Å². The van der Waals surface area contributed by atoms with Crippen molar-refractivity contribution in [3.63, 3.8) is 0 Å². The number of rotatable bonds is 6. The third-order valence-corrected chi connectivity index (χ3v) is 5.34. The Kier molecular flexibility index (Phi) is 4.94. The van der Waals surface area contributed by atoms with Gasteiger partial charge < -0.3 is 10.3 Å². The Morgan fingerprint density at radius 1 is 1.10 bits per heavy atom. The van der Waals surface area contributed by atoms with Gasteiger partial charge in [0.1, 0.15) is 6.04 Å². The Balaban J connectivity index is 1.53. The van der Waals surface area contributed by atoms with Crippen molar-refractivity contribution in [3.05, 3.63) is 94.7 Å². The first-order chi connectivity index (χ1) is 14.8. The van der Waals surface area contributed by atoms with Gasteiger partial charge in [-0.15, -0.1) is 5.10 Å². The minimum atomic E-state index is -0.245. The van der Waals surface area contributed by atoms with E-state index in [9.17, 15) is 0 Å². The van der Waals surface area contributed by atoms with Crippen LogP contribution in [-0.4, -0.2) is 35.2 Å². The SMILES string of the molecule is Brc1ccc(C(Nc2ccc3nc[nH]c3c2)c2nnnn2Cc2cccnc2)cc1. The van der Waals surface area contributed by atoms with Gasteiger partial charge in [0.2, 0.25) is 0 Å². The summed E-state index contributed by atoms with van der Waals surface area (Å²) in [6.45, 7) is 0.532. The first-order valence-corrected chi connectivity index (χ1v) is 10.2. The van der Waals surface area contributed by atoms with E-state index in [4.69, 9.17) is 0 Å². The van der Waals surface area contributed by atoms with Crippen LogP contribution >= 0.6 is 15.9 Å². The van der Waals surface area contributed by atoms with Gasteiger partial charge in [-0.1, -0.05) is 34.1 Å². The highest BCUT2D eigenvalue weighted by Crippen LogP contribution is 2.28. The van der Waals surface area contributed by atoms with Crippen LogP contribution in [0.15, 0.2) is 77.8 Å². The van der Waals surface area contributed by atoms with Gasteiger partial charge in [0.25, 0.3) is 0 Å². The maximum absolute atomic E-state index is 4.35. The molecule has 8 nitrogen and oxygen atoms in total. The van der Waals surface area contributed by atoms with E-state index in [0.717, 1.165) is 32.3 Å². The van der Waals surface area contributed by atoms with Gasteiger partial charge in [-0.05, 0) is 58.0 Å². The van der Waals surface area contributed by atoms with Crippen LogP contribution in [0.5, 0.6) is 0 Å². The fraction of sp³-hybridized carbons (Fsp3) is 0.0952. The molecule has 0 aliphatic carbocycles. The van der Waals surface area contributed by atoms with Crippen molar-refractivity contribution < 1.29 is 0 Å². The third-order valence-electron chi connectivity index (χ3n) is 4.81. The van der Waals surface area contributed by atoms with Crippen molar-refractivity contribution in [3.8, 4) is 0 Å². The number of anilines is 1. The molecule has 9 heteroatoms. The van der Waals surface area contributed by atoms with E-state index < -0.39 is 0 Å². The predicted octanol–water partition coefficient (Wildman–Crippen LogP) is 3.96. The second kappa shape index (κ2) is 8.03. The second-order valence-electron chi connectivity index (χ2n) is 6.82. The molecule has 148 valence electrons. The van der Waals surface area contributed by atoms with Crippen LogP contribution in [0.1, 0.15) is 23.0 Å². The molecule has 0 saturated heterocycles. The number of aromatic nitrogens is 7. The van der Waals surface area contributed by atoms with Crippen molar-refractivity contribution >= 4 is 32.7 Å². The third kappa shape index (κ3) is 3.79. The normalized spacial score (nSPS) is 12.2. The molecule has 0 fully saturated rings. The predicted molar refractivity (Wildman–Crippen MR) is 117 cm³/mol. The van der Waals surface area contributed by atoms with Gasteiger partial charge in [0.15, 0.2) is 5.82 Å². The molecule has 0 saturated carbocycles. The zero-order chi connectivity index (χ0) is 20.3. The van der Waals surface area contributed by atoms with Crippen LogP contribution in [0.4, 0.5) is 5.69 Å². The lowest BCUT2D eigenvalue weighted by Gasteiger charge is -2.20. The zero-order valence-corrected chi connectivity index (χ0v) is 17.4. The van der Waals surface area contributed by atoms with Gasteiger partial charge in [0, 0.05) is 22.6 Å². The fourth-order valence-electron chi connectivity index (χ4n) is 3.34.